The lowest BCUT2D eigenvalue weighted by Crippen LogP contribution is -1.77. The Labute approximate surface area is 97.6 Å². The lowest BCUT2D eigenvalue weighted by atomic mass is 10.1. The van der Waals surface area contributed by atoms with E-state index in [2.05, 4.69) is 16.9 Å². The van der Waals surface area contributed by atoms with E-state index in [-0.39, 0.29) is 12.9 Å². The highest BCUT2D eigenvalue weighted by Crippen LogP contribution is 2.21. The Kier molecular flexibility index (Phi) is 5.02. The molecule has 0 aromatic heterocycles. The third kappa shape index (κ3) is 3.37. The minimum Gasteiger partial charge on any atom is -0.398 e. The average Bonchev–Trinajstić information content (AvgIpc) is 2.32. The van der Waals surface area contributed by atoms with Crippen molar-refractivity contribution in [2.24, 2.45) is 0 Å². The molecule has 0 saturated heterocycles. The molecule has 0 aliphatic heterocycles. The summed E-state index contributed by atoms with van der Waals surface area (Å²) in [5, 5.41) is 3.14. The van der Waals surface area contributed by atoms with E-state index in [4.69, 9.17) is 21.2 Å². The van der Waals surface area contributed by atoms with Crippen LogP contribution in [-0.2, 0) is 14.3 Å². The second-order valence-electron chi connectivity index (χ2n) is 2.79. The van der Waals surface area contributed by atoms with Gasteiger partial charge in [0.25, 0.3) is 0 Å². The van der Waals surface area contributed by atoms with E-state index in [1.165, 1.54) is 5.39 Å². The van der Waals surface area contributed by atoms with Gasteiger partial charge in [-0.3, -0.25) is 9.59 Å². The van der Waals surface area contributed by atoms with E-state index in [0.717, 1.165) is 10.4 Å². The second-order valence-corrected chi connectivity index (χ2v) is 3.20. The van der Waals surface area contributed by atoms with Crippen molar-refractivity contribution >= 4 is 35.3 Å². The number of hydrogen-bond donors (Lipinski definition) is 0. The van der Waals surface area contributed by atoms with Crippen LogP contribution in [0, 0.1) is 0 Å². The van der Waals surface area contributed by atoms with Gasteiger partial charge in [0.15, 0.2) is 0 Å². The van der Waals surface area contributed by atoms with E-state index < -0.39 is 0 Å². The number of ether oxygens (including phenoxy) is 1. The van der Waals surface area contributed by atoms with Crippen molar-refractivity contribution in [3.63, 3.8) is 0 Å². The summed E-state index contributed by atoms with van der Waals surface area (Å²) in [6, 6.07) is 14.0. The van der Waals surface area contributed by atoms with Crippen LogP contribution in [0.25, 0.3) is 10.8 Å². The molecular formula is C12H9ClO3. The first kappa shape index (κ1) is 12.2. The van der Waals surface area contributed by atoms with Gasteiger partial charge in [0.1, 0.15) is 0 Å². The number of fused-ring (bicyclic) bond motifs is 1. The highest BCUT2D eigenvalue weighted by Gasteiger charge is 1.93. The van der Waals surface area contributed by atoms with E-state index in [1.807, 2.05) is 30.3 Å². The van der Waals surface area contributed by atoms with Gasteiger partial charge in [0, 0.05) is 10.4 Å². The number of carbonyl (C=O) groups excluding carboxylic acids is 2. The molecule has 0 radical (unpaired) electrons. The Balaban J connectivity index is 0.000000221. The normalized spacial score (nSPS) is 8.81. The fourth-order valence-electron chi connectivity index (χ4n) is 1.21. The maximum atomic E-state index is 8.95. The molecule has 0 aliphatic rings. The molecule has 0 aliphatic carbocycles. The Morgan fingerprint density at radius 2 is 1.56 bits per heavy atom. The van der Waals surface area contributed by atoms with Crippen LogP contribution >= 0.6 is 11.6 Å². The molecule has 0 heterocycles. The van der Waals surface area contributed by atoms with Crippen molar-refractivity contribution in [1.29, 1.82) is 0 Å². The van der Waals surface area contributed by atoms with Gasteiger partial charge in [0.05, 0.1) is 0 Å². The monoisotopic (exact) mass is 236 g/mol. The van der Waals surface area contributed by atoms with Crippen molar-refractivity contribution in [3.8, 4) is 0 Å². The van der Waals surface area contributed by atoms with Crippen molar-refractivity contribution in [1.82, 2.24) is 0 Å². The predicted molar refractivity (Wildman–Crippen MR) is 62.2 cm³/mol. The molecule has 0 bridgehead atoms. The molecule has 0 atom stereocenters. The van der Waals surface area contributed by atoms with Crippen molar-refractivity contribution < 1.29 is 14.3 Å². The predicted octanol–water partition coefficient (Wildman–Crippen LogP) is 2.81. The molecule has 0 amide bonds. The molecule has 2 rings (SSSR count). The molecule has 3 nitrogen and oxygen atoms in total. The molecule has 0 saturated carbocycles. The molecule has 2 aromatic carbocycles. The van der Waals surface area contributed by atoms with Gasteiger partial charge in [0.2, 0.25) is 0 Å². The Morgan fingerprint density at radius 1 is 0.938 bits per heavy atom. The molecule has 16 heavy (non-hydrogen) atoms. The van der Waals surface area contributed by atoms with Crippen molar-refractivity contribution in [2.75, 3.05) is 0 Å². The summed E-state index contributed by atoms with van der Waals surface area (Å²) in [4.78, 5) is 17.9. The minimum absolute atomic E-state index is 0.0625. The minimum atomic E-state index is 0.0625. The lowest BCUT2D eigenvalue weighted by Gasteiger charge is -1.97. The zero-order valence-electron chi connectivity index (χ0n) is 8.30. The number of hydrogen-bond acceptors (Lipinski definition) is 3. The first-order valence-electron chi connectivity index (χ1n) is 4.45. The first-order valence-corrected chi connectivity index (χ1v) is 4.83. The summed E-state index contributed by atoms with van der Waals surface area (Å²) in [5.74, 6) is 0. The average molecular weight is 237 g/mol. The highest BCUT2D eigenvalue weighted by molar-refractivity contribution is 6.35. The quantitative estimate of drug-likeness (QED) is 0.595. The van der Waals surface area contributed by atoms with Gasteiger partial charge < -0.3 is 4.74 Å². The van der Waals surface area contributed by atoms with Crippen molar-refractivity contribution in [3.05, 3.63) is 47.5 Å². The first-order chi connectivity index (χ1) is 7.79. The Morgan fingerprint density at radius 3 is 2.12 bits per heavy atom. The number of halogens is 1. The van der Waals surface area contributed by atoms with Crippen LogP contribution in [-0.4, -0.2) is 12.9 Å². The zero-order chi connectivity index (χ0) is 11.8. The summed E-state index contributed by atoms with van der Waals surface area (Å²) in [7, 11) is 0. The molecular weight excluding hydrogens is 228 g/mol. The van der Waals surface area contributed by atoms with Gasteiger partial charge in [-0.1, -0.05) is 48.0 Å². The fourth-order valence-corrected chi connectivity index (χ4v) is 1.45. The highest BCUT2D eigenvalue weighted by atomic mass is 35.5. The van der Waals surface area contributed by atoms with Crippen LogP contribution in [0.2, 0.25) is 5.02 Å². The topological polar surface area (TPSA) is 43.4 Å². The van der Waals surface area contributed by atoms with Crippen LogP contribution in [0.5, 0.6) is 0 Å². The third-order valence-corrected chi connectivity index (χ3v) is 2.18. The molecule has 2 aromatic rings. The molecule has 82 valence electrons. The Hall–Kier alpha value is -1.87. The van der Waals surface area contributed by atoms with E-state index in [1.54, 1.807) is 0 Å². The summed E-state index contributed by atoms with van der Waals surface area (Å²) >= 11 is 5.96. The summed E-state index contributed by atoms with van der Waals surface area (Å²) in [6.07, 6.45) is 0. The van der Waals surface area contributed by atoms with Gasteiger partial charge in [-0.2, -0.15) is 0 Å². The fraction of sp³-hybridized carbons (Fsp3) is 0. The third-order valence-electron chi connectivity index (χ3n) is 1.85. The summed E-state index contributed by atoms with van der Waals surface area (Å²) < 4.78 is 3.47. The standard InChI is InChI=1S/C10H7Cl.C2H2O3/c11-10-7-3-5-8-4-1-2-6-9(8)10;3-1-5-2-4/h1-7H;1-2H. The van der Waals surface area contributed by atoms with Gasteiger partial charge in [-0.05, 0) is 11.5 Å². The molecule has 0 fully saturated rings. The van der Waals surface area contributed by atoms with Crippen LogP contribution in [0.1, 0.15) is 0 Å². The van der Waals surface area contributed by atoms with Crippen LogP contribution in [0.3, 0.4) is 0 Å². The number of carbonyl (C=O) groups is 2. The maximum absolute atomic E-state index is 8.95. The number of benzene rings is 2. The smallest absolute Gasteiger partial charge is 0.300 e. The van der Waals surface area contributed by atoms with Gasteiger partial charge in [-0.25, -0.2) is 0 Å². The SMILES string of the molecule is Clc1cccc2ccccc12.O=COC=O. The molecule has 0 N–H and O–H groups in total. The maximum Gasteiger partial charge on any atom is 0.300 e. The molecule has 0 unspecified atom stereocenters. The van der Waals surface area contributed by atoms with Gasteiger partial charge >= 0.3 is 12.9 Å². The van der Waals surface area contributed by atoms with E-state index >= 15 is 0 Å². The lowest BCUT2D eigenvalue weighted by molar-refractivity contribution is -0.141. The van der Waals surface area contributed by atoms with Crippen molar-refractivity contribution in [2.45, 2.75) is 0 Å². The van der Waals surface area contributed by atoms with Crippen LogP contribution in [0.4, 0.5) is 0 Å². The Bertz CT molecular complexity index is 471. The number of rotatable bonds is 2. The van der Waals surface area contributed by atoms with Crippen LogP contribution < -0.4 is 0 Å². The second kappa shape index (κ2) is 6.58. The largest absolute Gasteiger partial charge is 0.398 e. The van der Waals surface area contributed by atoms with E-state index in [0.29, 0.717) is 0 Å². The van der Waals surface area contributed by atoms with Gasteiger partial charge in [-0.15, -0.1) is 0 Å². The molecule has 0 spiro atoms. The van der Waals surface area contributed by atoms with E-state index in [9.17, 15) is 0 Å². The summed E-state index contributed by atoms with van der Waals surface area (Å²) in [6.45, 7) is 0.125. The molecule has 4 heteroatoms. The zero-order valence-corrected chi connectivity index (χ0v) is 9.05. The van der Waals surface area contributed by atoms with Crippen LogP contribution in [0.15, 0.2) is 42.5 Å². The summed E-state index contributed by atoms with van der Waals surface area (Å²) in [5.41, 5.74) is 0.